The van der Waals surface area contributed by atoms with Gasteiger partial charge in [-0.15, -0.1) is 0 Å². The van der Waals surface area contributed by atoms with E-state index in [1.165, 1.54) is 12.1 Å². The van der Waals surface area contributed by atoms with E-state index in [1.807, 2.05) is 23.4 Å². The number of benzene rings is 1. The minimum atomic E-state index is -0.260. The first-order chi connectivity index (χ1) is 16.1. The van der Waals surface area contributed by atoms with Crippen LogP contribution in [0.15, 0.2) is 24.3 Å². The normalized spacial score (nSPS) is 15.1. The Labute approximate surface area is 204 Å². The summed E-state index contributed by atoms with van der Waals surface area (Å²) in [6, 6.07) is 7.04. The molecule has 0 bridgehead atoms. The van der Waals surface area contributed by atoms with Crippen molar-refractivity contribution >= 4 is 11.7 Å². The van der Waals surface area contributed by atoms with E-state index in [4.69, 9.17) is 5.10 Å². The molecule has 0 atom stereocenters. The van der Waals surface area contributed by atoms with Crippen LogP contribution in [0, 0.1) is 17.7 Å². The molecule has 188 valence electrons. The number of hydrogen-bond acceptors (Lipinski definition) is 4. The van der Waals surface area contributed by atoms with Gasteiger partial charge in [0.15, 0.2) is 0 Å². The van der Waals surface area contributed by atoms with E-state index in [0.29, 0.717) is 25.0 Å². The molecule has 0 N–H and O–H groups in total. The van der Waals surface area contributed by atoms with Crippen LogP contribution < -0.4 is 4.90 Å². The molecule has 0 radical (unpaired) electrons. The summed E-state index contributed by atoms with van der Waals surface area (Å²) in [6.45, 7) is 19.8. The SMILES string of the molecule is CCc1nn(-c2ccc(F)cc2)c(N2CCN(C(C)C)CC2)c1CN(CC(C)C)C(=O)C(C)C. The lowest BCUT2D eigenvalue weighted by Gasteiger charge is -2.39. The quantitative estimate of drug-likeness (QED) is 0.530. The van der Waals surface area contributed by atoms with Gasteiger partial charge in [-0.2, -0.15) is 5.10 Å². The fourth-order valence-corrected chi connectivity index (χ4v) is 4.70. The largest absolute Gasteiger partial charge is 0.354 e. The highest BCUT2D eigenvalue weighted by atomic mass is 19.1. The van der Waals surface area contributed by atoms with Crippen LogP contribution in [-0.2, 0) is 17.8 Å². The average molecular weight is 472 g/mol. The van der Waals surface area contributed by atoms with E-state index in [-0.39, 0.29) is 17.6 Å². The van der Waals surface area contributed by atoms with Gasteiger partial charge < -0.3 is 9.80 Å². The Bertz CT molecular complexity index is 943. The molecule has 0 saturated carbocycles. The van der Waals surface area contributed by atoms with Gasteiger partial charge in [-0.3, -0.25) is 9.69 Å². The van der Waals surface area contributed by atoms with Gasteiger partial charge in [-0.25, -0.2) is 9.07 Å². The minimum Gasteiger partial charge on any atom is -0.354 e. The van der Waals surface area contributed by atoms with E-state index < -0.39 is 0 Å². The highest BCUT2D eigenvalue weighted by Gasteiger charge is 2.29. The van der Waals surface area contributed by atoms with Crippen LogP contribution in [0.25, 0.3) is 5.69 Å². The number of amides is 1. The van der Waals surface area contributed by atoms with E-state index in [9.17, 15) is 9.18 Å². The number of carbonyl (C=O) groups is 1. The number of nitrogens with zero attached hydrogens (tertiary/aromatic N) is 5. The third kappa shape index (κ3) is 5.98. The number of aryl methyl sites for hydroxylation is 1. The van der Waals surface area contributed by atoms with Crippen LogP contribution in [0.4, 0.5) is 10.2 Å². The van der Waals surface area contributed by atoms with E-state index in [2.05, 4.69) is 44.4 Å². The molecule has 1 fully saturated rings. The van der Waals surface area contributed by atoms with E-state index in [0.717, 1.165) is 55.4 Å². The van der Waals surface area contributed by atoms with Crippen molar-refractivity contribution in [2.45, 2.75) is 67.5 Å². The lowest BCUT2D eigenvalue weighted by atomic mass is 10.1. The lowest BCUT2D eigenvalue weighted by molar-refractivity contribution is -0.135. The summed E-state index contributed by atoms with van der Waals surface area (Å²) in [5.41, 5.74) is 2.95. The predicted molar refractivity (Wildman–Crippen MR) is 137 cm³/mol. The van der Waals surface area contributed by atoms with Crippen molar-refractivity contribution in [3.8, 4) is 5.69 Å². The molecule has 1 aliphatic heterocycles. The summed E-state index contributed by atoms with van der Waals surface area (Å²) >= 11 is 0. The number of halogens is 1. The Morgan fingerprint density at radius 2 is 1.65 bits per heavy atom. The standard InChI is InChI=1S/C27H42FN5O/c1-8-25-24(18-32(17-19(2)3)27(34)20(4)5)26(31-15-13-30(14-16-31)21(6)7)33(29-25)23-11-9-22(28)10-12-23/h9-12,19-21H,8,13-18H2,1-7H3. The monoisotopic (exact) mass is 471 g/mol. The molecular weight excluding hydrogens is 429 g/mol. The zero-order chi connectivity index (χ0) is 25.0. The molecule has 1 saturated heterocycles. The smallest absolute Gasteiger partial charge is 0.225 e. The molecule has 0 spiro atoms. The highest BCUT2D eigenvalue weighted by Crippen LogP contribution is 2.31. The maximum Gasteiger partial charge on any atom is 0.225 e. The first-order valence-electron chi connectivity index (χ1n) is 12.8. The van der Waals surface area contributed by atoms with Crippen molar-refractivity contribution in [3.63, 3.8) is 0 Å². The van der Waals surface area contributed by atoms with Crippen LogP contribution >= 0.6 is 0 Å². The summed E-state index contributed by atoms with van der Waals surface area (Å²) < 4.78 is 15.7. The number of aromatic nitrogens is 2. The molecule has 1 amide bonds. The van der Waals surface area contributed by atoms with E-state index in [1.54, 1.807) is 12.1 Å². The van der Waals surface area contributed by atoms with Crippen molar-refractivity contribution in [1.82, 2.24) is 19.6 Å². The van der Waals surface area contributed by atoms with Crippen LogP contribution in [0.2, 0.25) is 0 Å². The van der Waals surface area contributed by atoms with E-state index >= 15 is 0 Å². The zero-order valence-corrected chi connectivity index (χ0v) is 22.0. The van der Waals surface area contributed by atoms with Crippen molar-refractivity contribution < 1.29 is 9.18 Å². The molecule has 2 aromatic rings. The second-order valence-corrected chi connectivity index (χ2v) is 10.4. The fourth-order valence-electron chi connectivity index (χ4n) is 4.70. The first kappa shape index (κ1) is 26.2. The zero-order valence-electron chi connectivity index (χ0n) is 22.0. The molecule has 6 nitrogen and oxygen atoms in total. The lowest BCUT2D eigenvalue weighted by Crippen LogP contribution is -2.49. The molecule has 7 heteroatoms. The summed E-state index contributed by atoms with van der Waals surface area (Å²) in [4.78, 5) is 20.0. The van der Waals surface area contributed by atoms with Gasteiger partial charge in [-0.1, -0.05) is 34.6 Å². The second kappa shape index (κ2) is 11.3. The molecule has 3 rings (SSSR count). The van der Waals surface area contributed by atoms with Crippen LogP contribution in [0.3, 0.4) is 0 Å². The van der Waals surface area contributed by atoms with Crippen LogP contribution in [0.1, 0.15) is 59.7 Å². The first-order valence-corrected chi connectivity index (χ1v) is 12.8. The van der Waals surface area contributed by atoms with Crippen molar-refractivity contribution in [2.24, 2.45) is 11.8 Å². The third-order valence-electron chi connectivity index (χ3n) is 6.53. The number of carbonyl (C=O) groups excluding carboxylic acids is 1. The van der Waals surface area contributed by atoms with Crippen molar-refractivity contribution in [3.05, 3.63) is 41.3 Å². The van der Waals surface area contributed by atoms with Gasteiger partial charge in [0.2, 0.25) is 5.91 Å². The van der Waals surface area contributed by atoms with Crippen molar-refractivity contribution in [1.29, 1.82) is 0 Å². The molecule has 1 aromatic carbocycles. The molecule has 34 heavy (non-hydrogen) atoms. The topological polar surface area (TPSA) is 44.6 Å². The summed E-state index contributed by atoms with van der Waals surface area (Å²) in [6.07, 6.45) is 0.772. The Kier molecular flexibility index (Phi) is 8.74. The summed E-state index contributed by atoms with van der Waals surface area (Å²) in [5, 5.41) is 5.00. The molecular formula is C27H42FN5O. The van der Waals surface area contributed by atoms with Gasteiger partial charge in [0, 0.05) is 50.2 Å². The average Bonchev–Trinajstić information content (AvgIpc) is 3.16. The molecule has 1 aromatic heterocycles. The molecule has 1 aliphatic rings. The molecule has 0 unspecified atom stereocenters. The van der Waals surface area contributed by atoms with Gasteiger partial charge in [0.25, 0.3) is 0 Å². The molecule has 0 aliphatic carbocycles. The van der Waals surface area contributed by atoms with Gasteiger partial charge in [-0.05, 0) is 50.5 Å². The van der Waals surface area contributed by atoms with Gasteiger partial charge in [0.1, 0.15) is 11.6 Å². The molecule has 2 heterocycles. The van der Waals surface area contributed by atoms with Crippen LogP contribution in [-0.4, -0.2) is 64.3 Å². The highest BCUT2D eigenvalue weighted by molar-refractivity contribution is 5.78. The Hall–Kier alpha value is -2.41. The summed E-state index contributed by atoms with van der Waals surface area (Å²) in [7, 11) is 0. The number of piperazine rings is 1. The Morgan fingerprint density at radius 3 is 2.15 bits per heavy atom. The number of anilines is 1. The third-order valence-corrected chi connectivity index (χ3v) is 6.53. The predicted octanol–water partition coefficient (Wildman–Crippen LogP) is 4.74. The maximum absolute atomic E-state index is 13.7. The minimum absolute atomic E-state index is 0.0611. The number of rotatable bonds is 9. The van der Waals surface area contributed by atoms with Gasteiger partial charge >= 0.3 is 0 Å². The summed E-state index contributed by atoms with van der Waals surface area (Å²) in [5.74, 6) is 1.26. The maximum atomic E-state index is 13.7. The number of hydrogen-bond donors (Lipinski definition) is 0. The Morgan fingerprint density at radius 1 is 1.03 bits per heavy atom. The Balaban J connectivity index is 2.08. The van der Waals surface area contributed by atoms with Crippen molar-refractivity contribution in [2.75, 3.05) is 37.6 Å². The fraction of sp³-hybridized carbons (Fsp3) is 0.630. The van der Waals surface area contributed by atoms with Crippen LogP contribution in [0.5, 0.6) is 0 Å². The van der Waals surface area contributed by atoms with Gasteiger partial charge in [0.05, 0.1) is 17.9 Å². The second-order valence-electron chi connectivity index (χ2n) is 10.4.